The van der Waals surface area contributed by atoms with Crippen molar-refractivity contribution in [2.24, 2.45) is 5.41 Å². The molecule has 0 aliphatic heterocycles. The summed E-state index contributed by atoms with van der Waals surface area (Å²) in [7, 11) is 2.16. The highest BCUT2D eigenvalue weighted by Crippen LogP contribution is 2.34. The summed E-state index contributed by atoms with van der Waals surface area (Å²) in [5.74, 6) is 6.35. The number of thioether (sulfide) groups is 1. The van der Waals surface area contributed by atoms with Crippen LogP contribution in [0, 0.1) is 17.3 Å². The number of halogens is 1. The second-order valence-corrected chi connectivity index (χ2v) is 8.44. The Morgan fingerprint density at radius 3 is 2.71 bits per heavy atom. The van der Waals surface area contributed by atoms with Crippen molar-refractivity contribution in [3.8, 4) is 11.8 Å². The Morgan fingerprint density at radius 2 is 2.04 bits per heavy atom. The number of fused-ring (bicyclic) bond motifs is 1. The first-order chi connectivity index (χ1) is 10.9. The zero-order chi connectivity index (χ0) is 16.9. The van der Waals surface area contributed by atoms with Gasteiger partial charge in [-0.2, -0.15) is 0 Å². The number of benzene rings is 1. The van der Waals surface area contributed by atoms with Crippen molar-refractivity contribution in [1.82, 2.24) is 4.90 Å². The molecule has 0 amide bonds. The van der Waals surface area contributed by atoms with Gasteiger partial charge in [0.15, 0.2) is 0 Å². The second kappa shape index (κ2) is 9.53. The minimum Gasteiger partial charge on any atom is -0.298 e. The van der Waals surface area contributed by atoms with Crippen LogP contribution in [0.5, 0.6) is 0 Å². The Labute approximate surface area is 160 Å². The lowest BCUT2D eigenvalue weighted by atomic mass is 9.98. The van der Waals surface area contributed by atoms with Gasteiger partial charge in [0.2, 0.25) is 0 Å². The van der Waals surface area contributed by atoms with E-state index in [-0.39, 0.29) is 17.8 Å². The summed E-state index contributed by atoms with van der Waals surface area (Å²) in [6.07, 6.45) is 6.25. The monoisotopic (exact) mass is 379 g/mol. The molecule has 0 N–H and O–H groups in total. The predicted molar refractivity (Wildman–Crippen MR) is 114 cm³/mol. The summed E-state index contributed by atoms with van der Waals surface area (Å²) in [6, 6.07) is 6.63. The first-order valence-electron chi connectivity index (χ1n) is 7.80. The van der Waals surface area contributed by atoms with Gasteiger partial charge in [-0.05, 0) is 45.7 Å². The van der Waals surface area contributed by atoms with Crippen molar-refractivity contribution in [1.29, 1.82) is 0 Å². The minimum atomic E-state index is 0. The van der Waals surface area contributed by atoms with E-state index in [1.54, 1.807) is 0 Å². The van der Waals surface area contributed by atoms with Crippen molar-refractivity contribution in [3.05, 3.63) is 41.3 Å². The van der Waals surface area contributed by atoms with E-state index in [2.05, 4.69) is 80.5 Å². The highest BCUT2D eigenvalue weighted by atomic mass is 35.5. The van der Waals surface area contributed by atoms with E-state index in [4.69, 9.17) is 0 Å². The van der Waals surface area contributed by atoms with Crippen LogP contribution in [0.2, 0.25) is 0 Å². The average molecular weight is 380 g/mol. The lowest BCUT2D eigenvalue weighted by molar-refractivity contribution is 0.365. The second-order valence-electron chi connectivity index (χ2n) is 6.72. The molecule has 1 aromatic heterocycles. The zero-order valence-corrected chi connectivity index (χ0v) is 17.5. The number of nitrogens with zero attached hydrogens (tertiary/aromatic N) is 1. The average Bonchev–Trinajstić information content (AvgIpc) is 2.90. The predicted octanol–water partition coefficient (Wildman–Crippen LogP) is 6.08. The Kier molecular flexibility index (Phi) is 8.39. The molecule has 0 radical (unpaired) electrons. The normalized spacial score (nSPS) is 11.6. The molecular formula is C20H26ClNS2. The van der Waals surface area contributed by atoms with Gasteiger partial charge in [-0.15, -0.1) is 35.5 Å². The molecule has 24 heavy (non-hydrogen) atoms. The molecule has 130 valence electrons. The number of hydrogen-bond acceptors (Lipinski definition) is 3. The van der Waals surface area contributed by atoms with Crippen molar-refractivity contribution in [3.63, 3.8) is 0 Å². The molecular weight excluding hydrogens is 354 g/mol. The van der Waals surface area contributed by atoms with E-state index >= 15 is 0 Å². The van der Waals surface area contributed by atoms with E-state index in [1.807, 2.05) is 29.2 Å². The van der Waals surface area contributed by atoms with Gasteiger partial charge >= 0.3 is 0 Å². The topological polar surface area (TPSA) is 3.24 Å². The van der Waals surface area contributed by atoms with Crippen LogP contribution >= 0.6 is 35.5 Å². The number of likely N-dealkylation sites (N-methyl/N-ethyl adjacent to an activating group) is 1. The molecule has 1 aromatic carbocycles. The summed E-state index contributed by atoms with van der Waals surface area (Å²) in [4.78, 5) is 3.70. The third-order valence-electron chi connectivity index (χ3n) is 3.37. The fraction of sp³-hybridized carbons (Fsp3) is 0.400. The quantitative estimate of drug-likeness (QED) is 0.457. The Bertz CT molecular complexity index is 744. The summed E-state index contributed by atoms with van der Waals surface area (Å²) >= 11 is 3.68. The van der Waals surface area contributed by atoms with Crippen LogP contribution in [-0.2, 0) is 6.54 Å². The maximum absolute atomic E-state index is 3.22. The minimum absolute atomic E-state index is 0. The van der Waals surface area contributed by atoms with Crippen LogP contribution in [0.25, 0.3) is 10.1 Å². The van der Waals surface area contributed by atoms with E-state index in [9.17, 15) is 0 Å². The van der Waals surface area contributed by atoms with Crippen molar-refractivity contribution in [2.45, 2.75) is 32.2 Å². The Hall–Kier alpha value is -0.920. The lowest BCUT2D eigenvalue weighted by Crippen LogP contribution is -2.17. The van der Waals surface area contributed by atoms with Gasteiger partial charge < -0.3 is 0 Å². The zero-order valence-electron chi connectivity index (χ0n) is 15.1. The van der Waals surface area contributed by atoms with Gasteiger partial charge in [0.25, 0.3) is 0 Å². The molecule has 0 saturated carbocycles. The molecule has 1 heterocycles. The molecule has 2 aromatic rings. The highest BCUT2D eigenvalue weighted by molar-refractivity contribution is 7.99. The molecule has 0 atom stereocenters. The van der Waals surface area contributed by atoms with Gasteiger partial charge in [-0.3, -0.25) is 4.90 Å². The number of rotatable bonds is 5. The molecule has 0 fully saturated rings. The molecule has 0 aliphatic carbocycles. The fourth-order valence-electron chi connectivity index (χ4n) is 2.28. The van der Waals surface area contributed by atoms with Crippen LogP contribution in [0.3, 0.4) is 0 Å². The van der Waals surface area contributed by atoms with E-state index in [0.29, 0.717) is 0 Å². The Balaban J connectivity index is 0.00000288. The molecule has 1 nitrogen and oxygen atoms in total. The standard InChI is InChI=1S/C20H25NS2.ClH/c1-20(2,3)12-7-6-8-13-21(4)14-16-10-9-11-17-18(22-5)15-23-19(16)17;/h6,8-11,15H,13-14H2,1-5H3;1H/b8-6+;. The fourth-order valence-corrected chi connectivity index (χ4v) is 4.21. The molecule has 0 bridgehead atoms. The van der Waals surface area contributed by atoms with Crippen LogP contribution in [0.1, 0.15) is 26.3 Å². The van der Waals surface area contributed by atoms with Gasteiger partial charge in [0.1, 0.15) is 0 Å². The Morgan fingerprint density at radius 1 is 1.29 bits per heavy atom. The number of thiophene rings is 1. The molecule has 0 saturated heterocycles. The first kappa shape index (κ1) is 21.1. The summed E-state index contributed by atoms with van der Waals surface area (Å²) in [6.45, 7) is 8.26. The summed E-state index contributed by atoms with van der Waals surface area (Å²) in [5.41, 5.74) is 1.48. The van der Waals surface area contributed by atoms with Crippen LogP contribution in [0.15, 0.2) is 40.6 Å². The molecule has 2 rings (SSSR count). The van der Waals surface area contributed by atoms with E-state index < -0.39 is 0 Å². The SMILES string of the molecule is CSc1csc2c(CN(C)C/C=C/C#CC(C)(C)C)cccc12.Cl. The third kappa shape index (κ3) is 6.18. The summed E-state index contributed by atoms with van der Waals surface area (Å²) < 4.78 is 1.42. The van der Waals surface area contributed by atoms with E-state index in [0.717, 1.165) is 13.1 Å². The number of allylic oxidation sites excluding steroid dienone is 1. The highest BCUT2D eigenvalue weighted by Gasteiger charge is 2.08. The van der Waals surface area contributed by atoms with Crippen LogP contribution in [0.4, 0.5) is 0 Å². The van der Waals surface area contributed by atoms with E-state index in [1.165, 1.54) is 20.5 Å². The molecule has 0 spiro atoms. The lowest BCUT2D eigenvalue weighted by Gasteiger charge is -2.15. The van der Waals surface area contributed by atoms with Crippen molar-refractivity contribution >= 4 is 45.6 Å². The molecule has 4 heteroatoms. The molecule has 0 aliphatic rings. The van der Waals surface area contributed by atoms with Gasteiger partial charge in [-0.1, -0.05) is 36.1 Å². The summed E-state index contributed by atoms with van der Waals surface area (Å²) in [5, 5.41) is 3.65. The maximum Gasteiger partial charge on any atom is 0.0399 e. The number of hydrogen-bond donors (Lipinski definition) is 0. The van der Waals surface area contributed by atoms with Gasteiger partial charge in [0, 0.05) is 38.9 Å². The largest absolute Gasteiger partial charge is 0.298 e. The molecule has 0 unspecified atom stereocenters. The van der Waals surface area contributed by atoms with Crippen molar-refractivity contribution in [2.75, 3.05) is 19.8 Å². The smallest absolute Gasteiger partial charge is 0.0399 e. The first-order valence-corrected chi connectivity index (χ1v) is 9.90. The maximum atomic E-state index is 3.22. The van der Waals surface area contributed by atoms with Gasteiger partial charge in [-0.25, -0.2) is 0 Å². The van der Waals surface area contributed by atoms with Crippen molar-refractivity contribution < 1.29 is 0 Å². The third-order valence-corrected chi connectivity index (χ3v) is 5.37. The van der Waals surface area contributed by atoms with Crippen LogP contribution < -0.4 is 0 Å². The van der Waals surface area contributed by atoms with Crippen LogP contribution in [-0.4, -0.2) is 24.7 Å². The van der Waals surface area contributed by atoms with Gasteiger partial charge in [0.05, 0.1) is 0 Å².